The molecule has 0 N–H and O–H groups in total. The first-order chi connectivity index (χ1) is 8.77. The number of rotatable bonds is 1. The van der Waals surface area contributed by atoms with Crippen molar-refractivity contribution in [3.63, 3.8) is 0 Å². The van der Waals surface area contributed by atoms with Gasteiger partial charge in [-0.15, -0.1) is 0 Å². The molecule has 0 radical (unpaired) electrons. The van der Waals surface area contributed by atoms with Crippen molar-refractivity contribution in [2.24, 2.45) is 4.99 Å². The minimum absolute atomic E-state index is 0.525. The van der Waals surface area contributed by atoms with Gasteiger partial charge in [0.15, 0.2) is 0 Å². The van der Waals surface area contributed by atoms with Crippen molar-refractivity contribution in [1.29, 1.82) is 0 Å². The number of fused-ring (bicyclic) bond motifs is 3. The molecule has 1 heteroatoms. The Morgan fingerprint density at radius 3 is 2.56 bits per heavy atom. The Kier molecular flexibility index (Phi) is 2.75. The summed E-state index contributed by atoms with van der Waals surface area (Å²) in [6.45, 7) is 5.25. The summed E-state index contributed by atoms with van der Waals surface area (Å²) < 4.78 is 0. The molecule has 1 nitrogen and oxygen atoms in total. The zero-order valence-corrected chi connectivity index (χ0v) is 10.9. The van der Waals surface area contributed by atoms with Gasteiger partial charge < -0.3 is 0 Å². The van der Waals surface area contributed by atoms with Crippen molar-refractivity contribution in [2.75, 3.05) is 0 Å². The van der Waals surface area contributed by atoms with Crippen LogP contribution in [0, 0.1) is 0 Å². The highest BCUT2D eigenvalue weighted by Gasteiger charge is 2.15. The molecule has 1 aliphatic rings. The highest BCUT2D eigenvalue weighted by atomic mass is 14.7. The van der Waals surface area contributed by atoms with Gasteiger partial charge in [-0.25, -0.2) is 0 Å². The van der Waals surface area contributed by atoms with E-state index in [0.29, 0.717) is 5.92 Å². The van der Waals surface area contributed by atoms with E-state index in [4.69, 9.17) is 0 Å². The predicted octanol–water partition coefficient (Wildman–Crippen LogP) is 4.41. The number of nitrogens with zero attached hydrogens (tertiary/aromatic N) is 1. The van der Waals surface area contributed by atoms with E-state index in [2.05, 4.69) is 61.3 Å². The van der Waals surface area contributed by atoms with E-state index in [0.717, 1.165) is 6.54 Å². The molecule has 0 spiro atoms. The molecule has 0 fully saturated rings. The predicted molar refractivity (Wildman–Crippen MR) is 77.3 cm³/mol. The summed E-state index contributed by atoms with van der Waals surface area (Å²) in [6.07, 6.45) is 2.05. The molecule has 2 aromatic rings. The topological polar surface area (TPSA) is 12.4 Å². The Balaban J connectivity index is 2.30. The SMILES string of the molecule is CC(C)c1cccc2c1C=NCc1ccccc1-2. The van der Waals surface area contributed by atoms with Crippen LogP contribution in [-0.4, -0.2) is 6.21 Å². The standard InChI is InChI=1S/C17H17N/c1-12(2)14-8-5-9-16-15-7-4-3-6-13(15)10-18-11-17(14)16/h3-9,11-12H,10H2,1-2H3. The van der Waals surface area contributed by atoms with Crippen LogP contribution in [0.25, 0.3) is 11.1 Å². The summed E-state index contributed by atoms with van der Waals surface area (Å²) in [4.78, 5) is 4.57. The van der Waals surface area contributed by atoms with Gasteiger partial charge in [-0.1, -0.05) is 56.3 Å². The molecule has 0 amide bonds. The van der Waals surface area contributed by atoms with Gasteiger partial charge in [0, 0.05) is 11.8 Å². The van der Waals surface area contributed by atoms with Crippen LogP contribution in [0.15, 0.2) is 47.5 Å². The lowest BCUT2D eigenvalue weighted by Gasteiger charge is -2.14. The van der Waals surface area contributed by atoms with Crippen molar-refractivity contribution >= 4 is 6.21 Å². The maximum Gasteiger partial charge on any atom is 0.0646 e. The monoisotopic (exact) mass is 235 g/mol. The minimum atomic E-state index is 0.525. The molecule has 0 atom stereocenters. The Bertz CT molecular complexity index is 609. The highest BCUT2D eigenvalue weighted by molar-refractivity contribution is 5.94. The summed E-state index contributed by atoms with van der Waals surface area (Å²) in [6, 6.07) is 15.1. The Morgan fingerprint density at radius 1 is 0.944 bits per heavy atom. The summed E-state index contributed by atoms with van der Waals surface area (Å²) in [5, 5.41) is 0. The van der Waals surface area contributed by atoms with Crippen molar-refractivity contribution < 1.29 is 0 Å². The average Bonchev–Trinajstić information content (AvgIpc) is 2.57. The molecule has 0 aromatic heterocycles. The van der Waals surface area contributed by atoms with Gasteiger partial charge >= 0.3 is 0 Å². The van der Waals surface area contributed by atoms with Crippen molar-refractivity contribution in [3.8, 4) is 11.1 Å². The summed E-state index contributed by atoms with van der Waals surface area (Å²) in [5.41, 5.74) is 6.63. The number of hydrogen-bond donors (Lipinski definition) is 0. The molecule has 90 valence electrons. The Labute approximate surface area is 108 Å². The zero-order valence-electron chi connectivity index (χ0n) is 10.9. The summed E-state index contributed by atoms with van der Waals surface area (Å²) in [7, 11) is 0. The molecule has 0 saturated carbocycles. The molecule has 18 heavy (non-hydrogen) atoms. The van der Waals surface area contributed by atoms with Crippen LogP contribution in [0.4, 0.5) is 0 Å². The van der Waals surface area contributed by atoms with Crippen molar-refractivity contribution in [2.45, 2.75) is 26.3 Å². The highest BCUT2D eigenvalue weighted by Crippen LogP contribution is 2.33. The first-order valence-electron chi connectivity index (χ1n) is 6.48. The van der Waals surface area contributed by atoms with Crippen LogP contribution in [0.5, 0.6) is 0 Å². The lowest BCUT2D eigenvalue weighted by Crippen LogP contribution is -1.97. The normalized spacial score (nSPS) is 13.1. The summed E-state index contributed by atoms with van der Waals surface area (Å²) >= 11 is 0. The van der Waals surface area contributed by atoms with E-state index >= 15 is 0 Å². The molecule has 1 aliphatic heterocycles. The molecule has 0 aliphatic carbocycles. The molecule has 1 heterocycles. The number of aliphatic imine (C=N–C) groups is 1. The Morgan fingerprint density at radius 2 is 1.72 bits per heavy atom. The Hall–Kier alpha value is -1.89. The van der Waals surface area contributed by atoms with E-state index in [1.54, 1.807) is 0 Å². The maximum atomic E-state index is 4.57. The quantitative estimate of drug-likeness (QED) is 0.694. The smallest absolute Gasteiger partial charge is 0.0646 e. The molecular weight excluding hydrogens is 218 g/mol. The van der Waals surface area contributed by atoms with Crippen LogP contribution in [0.3, 0.4) is 0 Å². The van der Waals surface area contributed by atoms with Crippen molar-refractivity contribution in [3.05, 3.63) is 59.2 Å². The van der Waals surface area contributed by atoms with Gasteiger partial charge in [0.25, 0.3) is 0 Å². The van der Waals surface area contributed by atoms with Gasteiger partial charge in [-0.05, 0) is 28.2 Å². The zero-order chi connectivity index (χ0) is 12.5. The molecule has 0 bridgehead atoms. The van der Waals surface area contributed by atoms with Crippen LogP contribution < -0.4 is 0 Å². The fourth-order valence-electron chi connectivity index (χ4n) is 2.62. The average molecular weight is 235 g/mol. The van der Waals surface area contributed by atoms with Crippen LogP contribution in [0.1, 0.15) is 36.5 Å². The van der Waals surface area contributed by atoms with Gasteiger partial charge in [0.05, 0.1) is 6.54 Å². The lowest BCUT2D eigenvalue weighted by atomic mass is 9.90. The van der Waals surface area contributed by atoms with Gasteiger partial charge in [0.1, 0.15) is 0 Å². The maximum absolute atomic E-state index is 4.57. The summed E-state index contributed by atoms with van der Waals surface area (Å²) in [5.74, 6) is 0.525. The van der Waals surface area contributed by atoms with Crippen LogP contribution in [0.2, 0.25) is 0 Å². The first kappa shape index (κ1) is 11.2. The second kappa shape index (κ2) is 4.41. The number of benzene rings is 2. The van der Waals surface area contributed by atoms with Gasteiger partial charge in [-0.3, -0.25) is 4.99 Å². The van der Waals surface area contributed by atoms with E-state index in [9.17, 15) is 0 Å². The second-order valence-electron chi connectivity index (χ2n) is 5.09. The molecule has 0 unspecified atom stereocenters. The molecule has 2 aromatic carbocycles. The van der Waals surface area contributed by atoms with Gasteiger partial charge in [-0.2, -0.15) is 0 Å². The third-order valence-electron chi connectivity index (χ3n) is 3.55. The fourth-order valence-corrected chi connectivity index (χ4v) is 2.62. The number of hydrogen-bond acceptors (Lipinski definition) is 1. The van der Waals surface area contributed by atoms with Crippen LogP contribution >= 0.6 is 0 Å². The fraction of sp³-hybridized carbons (Fsp3) is 0.235. The molecule has 0 saturated heterocycles. The van der Waals surface area contributed by atoms with Crippen LogP contribution in [-0.2, 0) is 6.54 Å². The lowest BCUT2D eigenvalue weighted by molar-refractivity contribution is 0.865. The van der Waals surface area contributed by atoms with E-state index in [1.807, 2.05) is 6.21 Å². The van der Waals surface area contributed by atoms with E-state index in [1.165, 1.54) is 27.8 Å². The second-order valence-corrected chi connectivity index (χ2v) is 5.09. The van der Waals surface area contributed by atoms with Crippen molar-refractivity contribution in [1.82, 2.24) is 0 Å². The minimum Gasteiger partial charge on any atom is -0.288 e. The molecule has 3 rings (SSSR count). The van der Waals surface area contributed by atoms with E-state index < -0.39 is 0 Å². The first-order valence-corrected chi connectivity index (χ1v) is 6.48. The molecular formula is C17H17N. The van der Waals surface area contributed by atoms with E-state index in [-0.39, 0.29) is 0 Å². The third-order valence-corrected chi connectivity index (χ3v) is 3.55. The third kappa shape index (κ3) is 1.76. The largest absolute Gasteiger partial charge is 0.288 e. The van der Waals surface area contributed by atoms with Gasteiger partial charge in [0.2, 0.25) is 0 Å².